The van der Waals surface area contributed by atoms with Gasteiger partial charge >= 0.3 is 5.97 Å². The van der Waals surface area contributed by atoms with E-state index in [1.54, 1.807) is 17.5 Å². The quantitative estimate of drug-likeness (QED) is 0.616. The van der Waals surface area contributed by atoms with Gasteiger partial charge in [0.15, 0.2) is 0 Å². The number of aromatic carboxylic acids is 1. The van der Waals surface area contributed by atoms with Crippen molar-refractivity contribution in [3.63, 3.8) is 0 Å². The van der Waals surface area contributed by atoms with Crippen LogP contribution in [0.5, 0.6) is 5.75 Å². The summed E-state index contributed by atoms with van der Waals surface area (Å²) >= 11 is 1.74. The lowest BCUT2D eigenvalue weighted by molar-refractivity contribution is 0.0698. The van der Waals surface area contributed by atoms with Crippen molar-refractivity contribution in [2.75, 3.05) is 11.9 Å². The van der Waals surface area contributed by atoms with E-state index in [9.17, 15) is 9.90 Å². The van der Waals surface area contributed by atoms with Gasteiger partial charge in [0.05, 0.1) is 24.1 Å². The molecule has 0 bridgehead atoms. The number of carbonyl (C=O) groups is 1. The Morgan fingerprint density at radius 2 is 2.25 bits per heavy atom. The van der Waals surface area contributed by atoms with Crippen molar-refractivity contribution in [2.45, 2.75) is 19.3 Å². The van der Waals surface area contributed by atoms with E-state index in [2.05, 4.69) is 52.9 Å². The number of allylic oxidation sites excluding steroid dienone is 1. The molecule has 3 aromatic rings. The summed E-state index contributed by atoms with van der Waals surface area (Å²) in [6.07, 6.45) is 7.71. The lowest BCUT2D eigenvalue weighted by atomic mass is 9.91. The Balaban J connectivity index is 1.54. The van der Waals surface area contributed by atoms with E-state index in [4.69, 9.17) is 4.74 Å². The van der Waals surface area contributed by atoms with Crippen LogP contribution in [0, 0.1) is 6.92 Å². The molecule has 1 unspecified atom stereocenters. The van der Waals surface area contributed by atoms with E-state index in [1.165, 1.54) is 34.5 Å². The second kappa shape index (κ2) is 7.86. The van der Waals surface area contributed by atoms with Gasteiger partial charge in [-0.15, -0.1) is 11.3 Å². The fourth-order valence-corrected chi connectivity index (χ4v) is 4.14. The van der Waals surface area contributed by atoms with Crippen LogP contribution >= 0.6 is 11.3 Å². The highest BCUT2D eigenvalue weighted by Gasteiger charge is 2.20. The third-order valence-corrected chi connectivity index (χ3v) is 5.73. The number of carboxylic acids is 1. The topological polar surface area (TPSA) is 71.5 Å². The van der Waals surface area contributed by atoms with Crippen molar-refractivity contribution in [2.24, 2.45) is 0 Å². The summed E-state index contributed by atoms with van der Waals surface area (Å²) in [6, 6.07) is 10.0. The molecule has 0 aliphatic carbocycles. The van der Waals surface area contributed by atoms with Crippen LogP contribution in [0.3, 0.4) is 0 Å². The van der Waals surface area contributed by atoms with Crippen LogP contribution < -0.4 is 10.1 Å². The minimum Gasteiger partial charge on any atom is -0.493 e. The summed E-state index contributed by atoms with van der Waals surface area (Å²) in [5.41, 5.74) is 4.23. The number of pyridine rings is 1. The number of nitrogens with one attached hydrogen (secondary N) is 1. The largest absolute Gasteiger partial charge is 0.493 e. The van der Waals surface area contributed by atoms with Crippen LogP contribution in [0.1, 0.15) is 33.1 Å². The molecule has 0 saturated heterocycles. The van der Waals surface area contributed by atoms with Gasteiger partial charge in [-0.05, 0) is 54.3 Å². The fraction of sp³-hybridized carbons (Fsp3) is 0.182. The molecule has 0 radical (unpaired) electrons. The first-order chi connectivity index (χ1) is 13.6. The normalized spacial score (nSPS) is 15.8. The van der Waals surface area contributed by atoms with Crippen LogP contribution in [0.15, 0.2) is 60.4 Å². The number of fused-ring (bicyclic) bond motifs is 1. The number of thiophene rings is 1. The molecule has 0 amide bonds. The highest BCUT2D eigenvalue weighted by Crippen LogP contribution is 2.38. The van der Waals surface area contributed by atoms with E-state index >= 15 is 0 Å². The Labute approximate surface area is 167 Å². The van der Waals surface area contributed by atoms with Crippen LogP contribution in [0.25, 0.3) is 11.1 Å². The molecule has 0 saturated carbocycles. The monoisotopic (exact) mass is 392 g/mol. The van der Waals surface area contributed by atoms with E-state index in [-0.39, 0.29) is 11.5 Å². The lowest BCUT2D eigenvalue weighted by Gasteiger charge is -2.24. The van der Waals surface area contributed by atoms with Gasteiger partial charge in [-0.25, -0.2) is 4.79 Å². The van der Waals surface area contributed by atoms with Gasteiger partial charge in [0.25, 0.3) is 0 Å². The second-order valence-corrected chi connectivity index (χ2v) is 7.74. The van der Waals surface area contributed by atoms with Crippen LogP contribution in [0.2, 0.25) is 0 Å². The Kier molecular flexibility index (Phi) is 5.12. The van der Waals surface area contributed by atoms with Gasteiger partial charge < -0.3 is 15.2 Å². The number of hydrogen-bond donors (Lipinski definition) is 2. The van der Waals surface area contributed by atoms with Gasteiger partial charge in [0.2, 0.25) is 0 Å². The molecule has 1 aliphatic heterocycles. The number of anilines is 1. The number of ether oxygens (including phenoxy) is 1. The first-order valence-electron chi connectivity index (χ1n) is 9.05. The van der Waals surface area contributed by atoms with Crippen LogP contribution in [-0.2, 0) is 0 Å². The van der Waals surface area contributed by atoms with Crippen molar-refractivity contribution >= 4 is 23.0 Å². The maximum absolute atomic E-state index is 11.3. The van der Waals surface area contributed by atoms with E-state index in [0.717, 1.165) is 17.7 Å². The molecular weight excluding hydrogens is 372 g/mol. The van der Waals surface area contributed by atoms with E-state index in [1.807, 2.05) is 0 Å². The number of benzene rings is 1. The highest BCUT2D eigenvalue weighted by molar-refractivity contribution is 7.10. The zero-order valence-electron chi connectivity index (χ0n) is 15.4. The molecule has 28 heavy (non-hydrogen) atoms. The Morgan fingerprint density at radius 1 is 1.36 bits per heavy atom. The van der Waals surface area contributed by atoms with Crippen molar-refractivity contribution in [3.05, 3.63) is 76.4 Å². The maximum Gasteiger partial charge on any atom is 0.337 e. The van der Waals surface area contributed by atoms with Crippen molar-refractivity contribution in [1.82, 2.24) is 4.98 Å². The third kappa shape index (κ3) is 3.64. The average Bonchev–Trinajstić information content (AvgIpc) is 3.14. The molecule has 2 N–H and O–H groups in total. The second-order valence-electron chi connectivity index (χ2n) is 6.62. The number of rotatable bonds is 5. The minimum atomic E-state index is -0.981. The molecule has 1 atom stereocenters. The molecule has 1 aromatic carbocycles. The molecule has 0 fully saturated rings. The predicted molar refractivity (Wildman–Crippen MR) is 111 cm³/mol. The smallest absolute Gasteiger partial charge is 0.337 e. The van der Waals surface area contributed by atoms with Gasteiger partial charge in [-0.1, -0.05) is 18.2 Å². The van der Waals surface area contributed by atoms with Crippen molar-refractivity contribution in [3.8, 4) is 16.9 Å². The third-order valence-electron chi connectivity index (χ3n) is 4.89. The number of nitrogens with zero attached hydrogens (tertiary/aromatic N) is 1. The Morgan fingerprint density at radius 3 is 3.04 bits per heavy atom. The summed E-state index contributed by atoms with van der Waals surface area (Å²) in [6.45, 7) is 2.78. The zero-order valence-corrected chi connectivity index (χ0v) is 16.2. The molecule has 2 aromatic heterocycles. The Hall–Kier alpha value is -3.12. The summed E-state index contributed by atoms with van der Waals surface area (Å²) in [5, 5.41) is 14.4. The fourth-order valence-electron chi connectivity index (χ4n) is 3.42. The molecule has 3 heterocycles. The summed E-state index contributed by atoms with van der Waals surface area (Å²) < 4.78 is 5.91. The predicted octanol–water partition coefficient (Wildman–Crippen LogP) is 5.31. The van der Waals surface area contributed by atoms with E-state index in [0.29, 0.717) is 12.3 Å². The lowest BCUT2D eigenvalue weighted by Crippen LogP contribution is -2.13. The summed E-state index contributed by atoms with van der Waals surface area (Å²) in [4.78, 5) is 16.6. The number of aryl methyl sites for hydroxylation is 1. The minimum absolute atomic E-state index is 0.197. The average molecular weight is 392 g/mol. The maximum atomic E-state index is 11.3. The van der Waals surface area contributed by atoms with Crippen LogP contribution in [-0.4, -0.2) is 22.7 Å². The molecule has 6 heteroatoms. The van der Waals surface area contributed by atoms with Crippen LogP contribution in [0.4, 0.5) is 5.69 Å². The number of aromatic nitrogens is 1. The van der Waals surface area contributed by atoms with Gasteiger partial charge in [0.1, 0.15) is 5.75 Å². The molecule has 1 aliphatic rings. The summed E-state index contributed by atoms with van der Waals surface area (Å²) in [7, 11) is 0. The van der Waals surface area contributed by atoms with Gasteiger partial charge in [0, 0.05) is 22.6 Å². The molecule has 5 nitrogen and oxygen atoms in total. The standard InChI is InChI=1S/C22H20N2O3S/c1-14-17(7-11-28-14)16-2-3-18-15(6-10-27-21(18)12-16)4-9-24-20-13-23-8-5-19(20)22(25)26/h2-5,7-9,11-13,15,24H,6,10H2,1H3,(H,25,26)/b9-4+. The van der Waals surface area contributed by atoms with Crippen molar-refractivity contribution in [1.29, 1.82) is 0 Å². The molecule has 4 rings (SSSR count). The molecule has 142 valence electrons. The first-order valence-corrected chi connectivity index (χ1v) is 9.93. The van der Waals surface area contributed by atoms with Gasteiger partial charge in [-0.3, -0.25) is 4.98 Å². The number of carboxylic acid groups (broad SMARTS) is 1. The van der Waals surface area contributed by atoms with Crippen molar-refractivity contribution < 1.29 is 14.6 Å². The first kappa shape index (κ1) is 18.3. The molecular formula is C22H20N2O3S. The summed E-state index contributed by atoms with van der Waals surface area (Å²) in [5.74, 6) is 0.140. The molecule has 0 spiro atoms. The highest BCUT2D eigenvalue weighted by atomic mass is 32.1. The number of hydrogen-bond acceptors (Lipinski definition) is 5. The SMILES string of the molecule is Cc1sccc1-c1ccc2c(c1)OCCC2/C=C/Nc1cnccc1C(=O)O. The van der Waals surface area contributed by atoms with Gasteiger partial charge in [-0.2, -0.15) is 0 Å². The zero-order chi connectivity index (χ0) is 19.5. The van der Waals surface area contributed by atoms with E-state index < -0.39 is 5.97 Å². The Bertz CT molecular complexity index is 1040.